The number of rotatable bonds is 6. The highest BCUT2D eigenvalue weighted by atomic mass is 79.9. The third kappa shape index (κ3) is 4.77. The number of aromatic nitrogens is 4. The zero-order valence-electron chi connectivity index (χ0n) is 14.3. The van der Waals surface area contributed by atoms with Gasteiger partial charge in [-0.3, -0.25) is 0 Å². The van der Waals surface area contributed by atoms with Crippen molar-refractivity contribution in [1.82, 2.24) is 19.9 Å². The molecular formula is C16H13Br2N5O6. The highest BCUT2D eigenvalue weighted by molar-refractivity contribution is 9.10. The van der Waals surface area contributed by atoms with E-state index in [1.165, 1.54) is 12.4 Å². The summed E-state index contributed by atoms with van der Waals surface area (Å²) in [6.45, 7) is 0. The Bertz CT molecular complexity index is 1000. The summed E-state index contributed by atoms with van der Waals surface area (Å²) < 4.78 is 10.9. The Morgan fingerprint density at radius 3 is 2.00 bits per heavy atom. The standard InChI is InChI=1S/C16H13Br2N5O6/c17-9-3-1-8(2-4-9)11-12(19)22-7-23-13(11)28-15(24,25)16(26,27)29-14-20-5-10(18)6-21-14/h1-7,24-27H,(H2,19,22,23). The molecule has 13 heteroatoms. The van der Waals surface area contributed by atoms with E-state index >= 15 is 0 Å². The summed E-state index contributed by atoms with van der Waals surface area (Å²) in [6, 6.07) is 6.11. The minimum atomic E-state index is -3.70. The van der Waals surface area contributed by atoms with E-state index in [-0.39, 0.29) is 11.4 Å². The maximum Gasteiger partial charge on any atom is 0.424 e. The molecule has 0 saturated heterocycles. The SMILES string of the molecule is Nc1ncnc(OC(O)(O)C(O)(O)Oc2ncc(Br)cn2)c1-c1ccc(Br)cc1. The van der Waals surface area contributed by atoms with Crippen LogP contribution in [0.5, 0.6) is 11.9 Å². The van der Waals surface area contributed by atoms with Gasteiger partial charge in [0.2, 0.25) is 5.88 Å². The number of ether oxygens (including phenoxy) is 2. The van der Waals surface area contributed by atoms with Gasteiger partial charge >= 0.3 is 18.0 Å². The van der Waals surface area contributed by atoms with Crippen LogP contribution < -0.4 is 15.2 Å². The van der Waals surface area contributed by atoms with Crippen molar-refractivity contribution in [2.24, 2.45) is 0 Å². The Balaban J connectivity index is 1.92. The van der Waals surface area contributed by atoms with E-state index in [0.717, 1.165) is 10.8 Å². The molecule has 29 heavy (non-hydrogen) atoms. The number of aliphatic hydroxyl groups is 4. The number of hydrogen-bond acceptors (Lipinski definition) is 11. The van der Waals surface area contributed by atoms with Gasteiger partial charge in [0.25, 0.3) is 0 Å². The first-order valence-electron chi connectivity index (χ1n) is 7.70. The van der Waals surface area contributed by atoms with Gasteiger partial charge in [-0.05, 0) is 33.6 Å². The fraction of sp³-hybridized carbons (Fsp3) is 0.125. The molecule has 0 unspecified atom stereocenters. The molecule has 2 heterocycles. The third-order valence-electron chi connectivity index (χ3n) is 3.47. The number of hydrogen-bond donors (Lipinski definition) is 5. The molecule has 1 aromatic carbocycles. The van der Waals surface area contributed by atoms with Crippen molar-refractivity contribution < 1.29 is 29.9 Å². The quantitative estimate of drug-likeness (QED) is 0.284. The van der Waals surface area contributed by atoms with Crippen LogP contribution >= 0.6 is 31.9 Å². The molecular weight excluding hydrogens is 518 g/mol. The molecule has 0 fully saturated rings. The van der Waals surface area contributed by atoms with E-state index in [1.807, 2.05) is 0 Å². The maximum absolute atomic E-state index is 10.2. The first-order valence-corrected chi connectivity index (χ1v) is 9.29. The molecule has 3 rings (SSSR count). The van der Waals surface area contributed by atoms with Crippen LogP contribution in [0.3, 0.4) is 0 Å². The zero-order chi connectivity index (χ0) is 21.2. The highest BCUT2D eigenvalue weighted by Gasteiger charge is 2.55. The Hall–Kier alpha value is -2.42. The molecule has 0 radical (unpaired) electrons. The van der Waals surface area contributed by atoms with Crippen LogP contribution in [-0.2, 0) is 0 Å². The monoisotopic (exact) mass is 529 g/mol. The van der Waals surface area contributed by atoms with Gasteiger partial charge in [-0.25, -0.2) is 19.9 Å². The number of halogens is 2. The molecule has 3 aromatic rings. The van der Waals surface area contributed by atoms with E-state index in [4.69, 9.17) is 10.5 Å². The van der Waals surface area contributed by atoms with Crippen LogP contribution in [0.25, 0.3) is 11.1 Å². The number of benzene rings is 1. The van der Waals surface area contributed by atoms with Gasteiger partial charge in [-0.2, -0.15) is 0 Å². The molecule has 0 saturated carbocycles. The van der Waals surface area contributed by atoms with E-state index < -0.39 is 23.8 Å². The van der Waals surface area contributed by atoms with Crippen LogP contribution in [0.2, 0.25) is 0 Å². The predicted octanol–water partition coefficient (Wildman–Crippen LogP) is 0.775. The van der Waals surface area contributed by atoms with Gasteiger partial charge in [-0.1, -0.05) is 28.1 Å². The van der Waals surface area contributed by atoms with Crippen LogP contribution in [0, 0.1) is 0 Å². The van der Waals surface area contributed by atoms with Crippen molar-refractivity contribution in [1.29, 1.82) is 0 Å². The lowest BCUT2D eigenvalue weighted by molar-refractivity contribution is -0.492. The third-order valence-corrected chi connectivity index (χ3v) is 4.41. The van der Waals surface area contributed by atoms with E-state index in [0.29, 0.717) is 10.0 Å². The molecule has 0 bridgehead atoms. The summed E-state index contributed by atoms with van der Waals surface area (Å²) in [7, 11) is 0. The number of anilines is 1. The average molecular weight is 531 g/mol. The molecule has 6 N–H and O–H groups in total. The first kappa shape index (κ1) is 21.3. The summed E-state index contributed by atoms with van der Waals surface area (Å²) in [5.41, 5.74) is 6.42. The van der Waals surface area contributed by atoms with Crippen molar-refractivity contribution in [2.45, 2.75) is 11.9 Å². The number of nitrogen functional groups attached to an aromatic ring is 1. The Labute approximate surface area is 180 Å². The Morgan fingerprint density at radius 1 is 0.793 bits per heavy atom. The fourth-order valence-electron chi connectivity index (χ4n) is 2.10. The molecule has 0 spiro atoms. The minimum Gasteiger partial charge on any atom is -0.414 e. The smallest absolute Gasteiger partial charge is 0.414 e. The van der Waals surface area contributed by atoms with Crippen molar-refractivity contribution in [3.8, 4) is 23.0 Å². The van der Waals surface area contributed by atoms with Crippen molar-refractivity contribution in [3.63, 3.8) is 0 Å². The summed E-state index contributed by atoms with van der Waals surface area (Å²) in [4.78, 5) is 14.9. The normalized spacial score (nSPS) is 11.9. The lowest BCUT2D eigenvalue weighted by atomic mass is 10.1. The summed E-state index contributed by atoms with van der Waals surface area (Å²) in [6.07, 6.45) is 3.48. The van der Waals surface area contributed by atoms with Gasteiger partial charge in [0.15, 0.2) is 0 Å². The van der Waals surface area contributed by atoms with Gasteiger partial charge in [0.1, 0.15) is 12.1 Å². The second-order valence-electron chi connectivity index (χ2n) is 5.55. The topological polar surface area (TPSA) is 177 Å². The van der Waals surface area contributed by atoms with E-state index in [2.05, 4.69) is 56.5 Å². The molecule has 0 atom stereocenters. The van der Waals surface area contributed by atoms with E-state index in [1.54, 1.807) is 24.3 Å². The zero-order valence-corrected chi connectivity index (χ0v) is 17.4. The number of nitrogens with zero attached hydrogens (tertiary/aromatic N) is 4. The molecule has 0 aliphatic carbocycles. The molecule has 0 aliphatic rings. The number of nitrogens with two attached hydrogens (primary N) is 1. The van der Waals surface area contributed by atoms with Crippen molar-refractivity contribution in [3.05, 3.63) is 51.9 Å². The van der Waals surface area contributed by atoms with Crippen LogP contribution in [0.15, 0.2) is 51.9 Å². The highest BCUT2D eigenvalue weighted by Crippen LogP contribution is 2.35. The van der Waals surface area contributed by atoms with Gasteiger partial charge in [0, 0.05) is 16.9 Å². The molecule has 11 nitrogen and oxygen atoms in total. The fourth-order valence-corrected chi connectivity index (χ4v) is 2.56. The molecule has 0 amide bonds. The lowest BCUT2D eigenvalue weighted by Gasteiger charge is -2.32. The molecule has 0 aliphatic heterocycles. The summed E-state index contributed by atoms with van der Waals surface area (Å²) in [5, 5.41) is 40.4. The van der Waals surface area contributed by atoms with Gasteiger partial charge in [0.05, 0.1) is 10.0 Å². The summed E-state index contributed by atoms with van der Waals surface area (Å²) >= 11 is 6.39. The molecule has 152 valence electrons. The second kappa shape index (κ2) is 8.14. The minimum absolute atomic E-state index is 0.0493. The van der Waals surface area contributed by atoms with Crippen LogP contribution in [0.1, 0.15) is 0 Å². The summed E-state index contributed by atoms with van der Waals surface area (Å²) in [5.74, 6) is -7.88. The lowest BCUT2D eigenvalue weighted by Crippen LogP contribution is -2.62. The van der Waals surface area contributed by atoms with Crippen molar-refractivity contribution in [2.75, 3.05) is 5.73 Å². The average Bonchev–Trinajstić information content (AvgIpc) is 2.64. The molecule has 2 aromatic heterocycles. The second-order valence-corrected chi connectivity index (χ2v) is 7.38. The first-order chi connectivity index (χ1) is 13.6. The largest absolute Gasteiger partial charge is 0.424 e. The van der Waals surface area contributed by atoms with Gasteiger partial charge < -0.3 is 35.6 Å². The van der Waals surface area contributed by atoms with Gasteiger partial charge in [-0.15, -0.1) is 0 Å². The van der Waals surface area contributed by atoms with E-state index in [9.17, 15) is 20.4 Å². The maximum atomic E-state index is 10.2. The predicted molar refractivity (Wildman–Crippen MR) is 105 cm³/mol. The van der Waals surface area contributed by atoms with Crippen molar-refractivity contribution >= 4 is 37.7 Å². The van der Waals surface area contributed by atoms with Crippen LogP contribution in [-0.4, -0.2) is 52.3 Å². The Morgan fingerprint density at radius 2 is 1.38 bits per heavy atom. The Kier molecular flexibility index (Phi) is 5.97. The van der Waals surface area contributed by atoms with Crippen LogP contribution in [0.4, 0.5) is 5.82 Å².